The van der Waals surface area contributed by atoms with Crippen LogP contribution < -0.4 is 10.2 Å². The standard InChI is InChI=1S/C23H22N6O4/c1-15-25-26-27-29(15)19(13-16-9-5-4-6-10-16)21(31)33-14-20(30)28-18-12-8-7-11-17(18)24-22(32)23(28,2)3/h4-13H,14H2,1-3H3,(H,24,32)/b19-13-. The summed E-state index contributed by atoms with van der Waals surface area (Å²) in [4.78, 5) is 40.1. The number of amides is 2. The van der Waals surface area contributed by atoms with Crippen molar-refractivity contribution in [3.8, 4) is 0 Å². The second kappa shape index (κ2) is 8.65. The van der Waals surface area contributed by atoms with Gasteiger partial charge in [0.2, 0.25) is 5.91 Å². The topological polar surface area (TPSA) is 119 Å². The van der Waals surface area contributed by atoms with Gasteiger partial charge in [0.05, 0.1) is 11.4 Å². The lowest BCUT2D eigenvalue weighted by Gasteiger charge is -2.41. The van der Waals surface area contributed by atoms with Gasteiger partial charge in [-0.25, -0.2) is 4.79 Å². The molecular formula is C23H22N6O4. The van der Waals surface area contributed by atoms with Gasteiger partial charge in [-0.05, 0) is 55.0 Å². The average Bonchev–Trinajstić information content (AvgIpc) is 3.22. The van der Waals surface area contributed by atoms with Gasteiger partial charge in [-0.2, -0.15) is 4.68 Å². The van der Waals surface area contributed by atoms with Gasteiger partial charge in [0.1, 0.15) is 5.54 Å². The molecule has 1 N–H and O–H groups in total. The average molecular weight is 446 g/mol. The molecule has 0 unspecified atom stereocenters. The third-order valence-electron chi connectivity index (χ3n) is 5.25. The smallest absolute Gasteiger partial charge is 0.357 e. The van der Waals surface area contributed by atoms with Crippen LogP contribution in [0.1, 0.15) is 25.2 Å². The number of esters is 1. The fraction of sp³-hybridized carbons (Fsp3) is 0.217. The molecule has 10 heteroatoms. The van der Waals surface area contributed by atoms with Crippen molar-refractivity contribution >= 4 is 40.9 Å². The molecule has 0 aliphatic carbocycles. The number of fused-ring (bicyclic) bond motifs is 1. The van der Waals surface area contributed by atoms with Crippen molar-refractivity contribution in [3.63, 3.8) is 0 Å². The highest BCUT2D eigenvalue weighted by molar-refractivity contribution is 6.17. The Labute approximate surface area is 189 Å². The summed E-state index contributed by atoms with van der Waals surface area (Å²) in [6.07, 6.45) is 1.57. The molecule has 0 fully saturated rings. The number of ether oxygens (including phenoxy) is 1. The van der Waals surface area contributed by atoms with E-state index in [2.05, 4.69) is 20.8 Å². The molecule has 0 spiro atoms. The Hall–Kier alpha value is -4.34. The number of benzene rings is 2. The lowest BCUT2D eigenvalue weighted by atomic mass is 9.96. The van der Waals surface area contributed by atoms with Crippen LogP contribution in [0.4, 0.5) is 11.4 Å². The van der Waals surface area contributed by atoms with Crippen LogP contribution in [0, 0.1) is 6.92 Å². The Morgan fingerprint density at radius 1 is 1.09 bits per heavy atom. The second-order valence-electron chi connectivity index (χ2n) is 7.91. The van der Waals surface area contributed by atoms with Gasteiger partial charge in [-0.1, -0.05) is 42.5 Å². The number of aromatic nitrogens is 4. The van der Waals surface area contributed by atoms with E-state index in [4.69, 9.17) is 4.74 Å². The molecule has 2 heterocycles. The van der Waals surface area contributed by atoms with E-state index in [1.54, 1.807) is 51.1 Å². The van der Waals surface area contributed by atoms with Crippen LogP contribution in [-0.4, -0.2) is 50.1 Å². The minimum Gasteiger partial charge on any atom is -0.451 e. The Kier molecular flexibility index (Phi) is 5.74. The number of aryl methyl sites for hydroxylation is 1. The molecule has 4 rings (SSSR count). The second-order valence-corrected chi connectivity index (χ2v) is 7.91. The summed E-state index contributed by atoms with van der Waals surface area (Å²) in [6.45, 7) is 4.33. The zero-order valence-electron chi connectivity index (χ0n) is 18.3. The van der Waals surface area contributed by atoms with Crippen molar-refractivity contribution in [2.75, 3.05) is 16.8 Å². The first-order valence-electron chi connectivity index (χ1n) is 10.2. The zero-order chi connectivity index (χ0) is 23.6. The van der Waals surface area contributed by atoms with Crippen LogP contribution in [0.15, 0.2) is 54.6 Å². The largest absolute Gasteiger partial charge is 0.451 e. The highest BCUT2D eigenvalue weighted by atomic mass is 16.5. The van der Waals surface area contributed by atoms with E-state index >= 15 is 0 Å². The van der Waals surface area contributed by atoms with Crippen molar-refractivity contribution in [1.29, 1.82) is 0 Å². The number of para-hydroxylation sites is 2. The van der Waals surface area contributed by atoms with Crippen LogP contribution in [0.25, 0.3) is 11.8 Å². The number of nitrogens with one attached hydrogen (secondary N) is 1. The zero-order valence-corrected chi connectivity index (χ0v) is 18.3. The molecular weight excluding hydrogens is 424 g/mol. The first-order valence-corrected chi connectivity index (χ1v) is 10.2. The number of anilines is 2. The first-order chi connectivity index (χ1) is 15.8. The summed E-state index contributed by atoms with van der Waals surface area (Å²) in [5.74, 6) is -1.28. The fourth-order valence-electron chi connectivity index (χ4n) is 3.53. The number of hydrogen-bond donors (Lipinski definition) is 1. The van der Waals surface area contributed by atoms with E-state index in [0.29, 0.717) is 17.2 Å². The van der Waals surface area contributed by atoms with Crippen molar-refractivity contribution in [3.05, 3.63) is 66.0 Å². The van der Waals surface area contributed by atoms with Crippen LogP contribution >= 0.6 is 0 Å². The summed E-state index contributed by atoms with van der Waals surface area (Å²) < 4.78 is 6.61. The normalized spacial score (nSPS) is 14.9. The van der Waals surface area contributed by atoms with E-state index in [0.717, 1.165) is 5.56 Å². The highest BCUT2D eigenvalue weighted by Gasteiger charge is 2.43. The lowest BCUT2D eigenvalue weighted by molar-refractivity contribution is -0.143. The lowest BCUT2D eigenvalue weighted by Crippen LogP contribution is -2.59. The van der Waals surface area contributed by atoms with Crippen LogP contribution in [0.2, 0.25) is 0 Å². The number of carbonyl (C=O) groups excluding carboxylic acids is 3. The van der Waals surface area contributed by atoms with E-state index in [-0.39, 0.29) is 11.6 Å². The molecule has 0 saturated carbocycles. The van der Waals surface area contributed by atoms with Gasteiger partial charge in [0, 0.05) is 0 Å². The monoisotopic (exact) mass is 446 g/mol. The van der Waals surface area contributed by atoms with E-state index < -0.39 is 24.0 Å². The molecule has 0 bridgehead atoms. The van der Waals surface area contributed by atoms with Crippen LogP contribution in [0.3, 0.4) is 0 Å². The molecule has 1 aromatic heterocycles. The van der Waals surface area contributed by atoms with Gasteiger partial charge in [-0.15, -0.1) is 5.10 Å². The molecule has 2 amide bonds. The predicted molar refractivity (Wildman–Crippen MR) is 121 cm³/mol. The number of nitrogens with zero attached hydrogens (tertiary/aromatic N) is 5. The first kappa shape index (κ1) is 21.9. The van der Waals surface area contributed by atoms with E-state index in [1.807, 2.05) is 30.3 Å². The molecule has 0 saturated heterocycles. The molecule has 33 heavy (non-hydrogen) atoms. The minimum absolute atomic E-state index is 0.0487. The third kappa shape index (κ3) is 4.22. The number of tetrazole rings is 1. The Balaban J connectivity index is 1.59. The van der Waals surface area contributed by atoms with E-state index in [1.165, 1.54) is 9.58 Å². The maximum absolute atomic E-state index is 13.2. The summed E-state index contributed by atoms with van der Waals surface area (Å²) in [7, 11) is 0. The van der Waals surface area contributed by atoms with Crippen molar-refractivity contribution in [1.82, 2.24) is 20.2 Å². The molecule has 2 aromatic carbocycles. The maximum Gasteiger partial charge on any atom is 0.357 e. The number of hydrogen-bond acceptors (Lipinski definition) is 7. The Morgan fingerprint density at radius 2 is 1.79 bits per heavy atom. The van der Waals surface area contributed by atoms with Gasteiger partial charge in [-0.3, -0.25) is 14.5 Å². The molecule has 1 aliphatic rings. The quantitative estimate of drug-likeness (QED) is 0.472. The maximum atomic E-state index is 13.2. The fourth-order valence-corrected chi connectivity index (χ4v) is 3.53. The van der Waals surface area contributed by atoms with Gasteiger partial charge in [0.15, 0.2) is 18.1 Å². The minimum atomic E-state index is -1.17. The van der Waals surface area contributed by atoms with Gasteiger partial charge < -0.3 is 10.1 Å². The number of rotatable bonds is 5. The van der Waals surface area contributed by atoms with Gasteiger partial charge in [0.25, 0.3) is 5.91 Å². The van der Waals surface area contributed by atoms with Crippen LogP contribution in [-0.2, 0) is 19.1 Å². The van der Waals surface area contributed by atoms with Crippen molar-refractivity contribution in [2.24, 2.45) is 0 Å². The van der Waals surface area contributed by atoms with Crippen molar-refractivity contribution < 1.29 is 19.1 Å². The molecule has 10 nitrogen and oxygen atoms in total. The van der Waals surface area contributed by atoms with E-state index in [9.17, 15) is 14.4 Å². The number of carbonyl (C=O) groups is 3. The highest BCUT2D eigenvalue weighted by Crippen LogP contribution is 2.36. The third-order valence-corrected chi connectivity index (χ3v) is 5.25. The molecule has 0 radical (unpaired) electrons. The van der Waals surface area contributed by atoms with Crippen molar-refractivity contribution in [2.45, 2.75) is 26.3 Å². The molecule has 3 aromatic rings. The van der Waals surface area contributed by atoms with Gasteiger partial charge >= 0.3 is 5.97 Å². The Morgan fingerprint density at radius 3 is 2.48 bits per heavy atom. The SMILES string of the molecule is Cc1nnnn1/C(=C\c1ccccc1)C(=O)OCC(=O)N1c2ccccc2NC(=O)C1(C)C. The summed E-state index contributed by atoms with van der Waals surface area (Å²) >= 11 is 0. The molecule has 0 atom stereocenters. The summed E-state index contributed by atoms with van der Waals surface area (Å²) in [6, 6.07) is 16.1. The summed E-state index contributed by atoms with van der Waals surface area (Å²) in [5.41, 5.74) is 0.642. The predicted octanol–water partition coefficient (Wildman–Crippen LogP) is 2.29. The van der Waals surface area contributed by atoms with Crippen LogP contribution in [0.5, 0.6) is 0 Å². The molecule has 168 valence electrons. The molecule has 1 aliphatic heterocycles. The summed E-state index contributed by atoms with van der Waals surface area (Å²) in [5, 5.41) is 14.0. The Bertz CT molecular complexity index is 1250.